The molecule has 3 fully saturated rings. The Labute approximate surface area is 86.0 Å². The highest BCUT2D eigenvalue weighted by Crippen LogP contribution is 2.33. The molecule has 2 nitrogen and oxygen atoms in total. The number of fused-ring (bicyclic) bond motifs is 3. The van der Waals surface area contributed by atoms with E-state index >= 15 is 0 Å². The molecule has 0 radical (unpaired) electrons. The average Bonchev–Trinajstić information content (AvgIpc) is 2.10. The number of carbonyl (C=O) groups is 1. The van der Waals surface area contributed by atoms with E-state index in [2.05, 4.69) is 31.7 Å². The monoisotopic (exact) mass is 193 g/mol. The first-order valence-corrected chi connectivity index (χ1v) is 5.49. The second-order valence-corrected chi connectivity index (χ2v) is 5.52. The Hall–Kier alpha value is -0.790. The molecule has 2 bridgehead atoms. The molecule has 0 amide bonds. The molecule has 0 aromatic carbocycles. The summed E-state index contributed by atoms with van der Waals surface area (Å²) in [6.45, 7) is 8.61. The summed E-state index contributed by atoms with van der Waals surface area (Å²) in [6.07, 6.45) is 4.28. The molecule has 3 rings (SSSR count). The lowest BCUT2D eigenvalue weighted by Crippen LogP contribution is -2.46. The van der Waals surface area contributed by atoms with Gasteiger partial charge in [0, 0.05) is 19.0 Å². The molecule has 3 heterocycles. The van der Waals surface area contributed by atoms with Crippen molar-refractivity contribution in [1.29, 1.82) is 0 Å². The number of nitrogens with zero attached hydrogens (tertiary/aromatic N) is 1. The van der Waals surface area contributed by atoms with Gasteiger partial charge in [0.05, 0.1) is 5.70 Å². The predicted octanol–water partition coefficient (Wildman–Crippen LogP) is 2.21. The van der Waals surface area contributed by atoms with Gasteiger partial charge in [-0.2, -0.15) is 0 Å². The van der Waals surface area contributed by atoms with Crippen molar-refractivity contribution < 1.29 is 4.79 Å². The van der Waals surface area contributed by atoms with Crippen LogP contribution in [0, 0.1) is 11.3 Å². The molecule has 0 saturated carbocycles. The van der Waals surface area contributed by atoms with Crippen molar-refractivity contribution >= 4 is 5.78 Å². The van der Waals surface area contributed by atoms with E-state index in [1.165, 1.54) is 0 Å². The Morgan fingerprint density at radius 3 is 2.29 bits per heavy atom. The summed E-state index contributed by atoms with van der Waals surface area (Å²) in [5.74, 6) is 0.714. The van der Waals surface area contributed by atoms with Crippen molar-refractivity contribution in [2.45, 2.75) is 33.6 Å². The third-order valence-electron chi connectivity index (χ3n) is 3.03. The molecule has 0 unspecified atom stereocenters. The quantitative estimate of drug-likeness (QED) is 0.550. The molecule has 0 atom stereocenters. The third kappa shape index (κ3) is 1.70. The van der Waals surface area contributed by atoms with Gasteiger partial charge in [0.1, 0.15) is 0 Å². The number of allylic oxidation sites excluding steroid dienone is 2. The van der Waals surface area contributed by atoms with Crippen LogP contribution in [0.15, 0.2) is 11.8 Å². The number of hydrogen-bond donors (Lipinski definition) is 0. The smallest absolute Gasteiger partial charge is 0.181 e. The van der Waals surface area contributed by atoms with Gasteiger partial charge < -0.3 is 4.90 Å². The van der Waals surface area contributed by atoms with Crippen molar-refractivity contribution in [3.05, 3.63) is 11.8 Å². The zero-order valence-electron chi connectivity index (χ0n) is 9.34. The molecule has 0 spiro atoms. The second kappa shape index (κ2) is 3.11. The average molecular weight is 193 g/mol. The predicted molar refractivity (Wildman–Crippen MR) is 56.8 cm³/mol. The molecule has 14 heavy (non-hydrogen) atoms. The van der Waals surface area contributed by atoms with Crippen LogP contribution in [0.3, 0.4) is 0 Å². The second-order valence-electron chi connectivity index (χ2n) is 5.52. The minimum absolute atomic E-state index is 0.114. The van der Waals surface area contributed by atoms with Gasteiger partial charge in [-0.25, -0.2) is 0 Å². The van der Waals surface area contributed by atoms with Crippen LogP contribution in [-0.2, 0) is 4.79 Å². The van der Waals surface area contributed by atoms with Crippen molar-refractivity contribution in [3.63, 3.8) is 0 Å². The minimum Gasteiger partial charge on any atom is -0.369 e. The van der Waals surface area contributed by atoms with Crippen LogP contribution in [0.5, 0.6) is 0 Å². The summed E-state index contributed by atoms with van der Waals surface area (Å²) in [4.78, 5) is 14.2. The van der Waals surface area contributed by atoms with Crippen LogP contribution in [0.2, 0.25) is 0 Å². The zero-order chi connectivity index (χ0) is 10.3. The van der Waals surface area contributed by atoms with Gasteiger partial charge in [-0.3, -0.25) is 4.79 Å². The molecule has 3 saturated heterocycles. The van der Waals surface area contributed by atoms with E-state index < -0.39 is 0 Å². The van der Waals surface area contributed by atoms with E-state index in [0.717, 1.165) is 31.6 Å². The van der Waals surface area contributed by atoms with Gasteiger partial charge >= 0.3 is 0 Å². The Kier molecular flexibility index (Phi) is 2.17. The summed E-state index contributed by atoms with van der Waals surface area (Å²) in [5.41, 5.74) is 1.10. The van der Waals surface area contributed by atoms with Crippen molar-refractivity contribution in [3.8, 4) is 0 Å². The molecule has 0 aromatic heterocycles. The number of hydrogen-bond acceptors (Lipinski definition) is 2. The third-order valence-corrected chi connectivity index (χ3v) is 3.03. The molecular formula is C12H19NO. The van der Waals surface area contributed by atoms with Crippen LogP contribution in [0.25, 0.3) is 0 Å². The summed E-state index contributed by atoms with van der Waals surface area (Å²) in [5, 5.41) is 0. The van der Waals surface area contributed by atoms with Crippen LogP contribution in [0.1, 0.15) is 33.6 Å². The van der Waals surface area contributed by atoms with Crippen LogP contribution in [-0.4, -0.2) is 23.8 Å². The lowest BCUT2D eigenvalue weighted by atomic mass is 9.82. The summed E-state index contributed by atoms with van der Waals surface area (Å²) in [7, 11) is 0. The Morgan fingerprint density at radius 2 is 1.86 bits per heavy atom. The van der Waals surface area contributed by atoms with E-state index in [1.54, 1.807) is 0 Å². The first-order valence-electron chi connectivity index (χ1n) is 5.49. The summed E-state index contributed by atoms with van der Waals surface area (Å²) in [6, 6.07) is 0. The van der Waals surface area contributed by atoms with Crippen molar-refractivity contribution in [2.75, 3.05) is 13.1 Å². The normalized spacial score (nSPS) is 26.4. The number of piperidine rings is 3. The van der Waals surface area contributed by atoms with E-state index in [9.17, 15) is 4.79 Å². The van der Waals surface area contributed by atoms with Gasteiger partial charge in [-0.05, 0) is 18.3 Å². The van der Waals surface area contributed by atoms with Crippen LogP contribution >= 0.6 is 0 Å². The summed E-state index contributed by atoms with van der Waals surface area (Å²) >= 11 is 0. The molecule has 0 aromatic rings. The van der Waals surface area contributed by atoms with Gasteiger partial charge in [0.15, 0.2) is 5.78 Å². The zero-order valence-corrected chi connectivity index (χ0v) is 9.34. The first-order chi connectivity index (χ1) is 6.47. The maximum Gasteiger partial charge on any atom is 0.181 e. The Morgan fingerprint density at radius 1 is 1.29 bits per heavy atom. The molecular weight excluding hydrogens is 174 g/mol. The fourth-order valence-corrected chi connectivity index (χ4v) is 2.32. The van der Waals surface area contributed by atoms with Gasteiger partial charge in [0.2, 0.25) is 0 Å². The number of ketones is 1. The molecule has 2 heteroatoms. The van der Waals surface area contributed by atoms with E-state index in [-0.39, 0.29) is 5.41 Å². The molecule has 3 aliphatic rings. The largest absolute Gasteiger partial charge is 0.369 e. The SMILES string of the molecule is CC(C)(C)C=C1C(=O)C2CCN1CC2. The summed E-state index contributed by atoms with van der Waals surface area (Å²) < 4.78 is 0. The van der Waals surface area contributed by atoms with E-state index in [4.69, 9.17) is 0 Å². The highest BCUT2D eigenvalue weighted by Gasteiger charge is 2.36. The highest BCUT2D eigenvalue weighted by atomic mass is 16.1. The maximum absolute atomic E-state index is 12.0. The van der Waals surface area contributed by atoms with Crippen LogP contribution < -0.4 is 0 Å². The number of rotatable bonds is 0. The molecule has 78 valence electrons. The first kappa shape index (κ1) is 9.75. The lowest BCUT2D eigenvalue weighted by Gasteiger charge is -2.42. The molecule has 0 aliphatic carbocycles. The van der Waals surface area contributed by atoms with Crippen molar-refractivity contribution in [2.24, 2.45) is 11.3 Å². The Bertz CT molecular complexity index is 277. The minimum atomic E-state index is 0.114. The van der Waals surface area contributed by atoms with Gasteiger partial charge in [0.25, 0.3) is 0 Å². The fraction of sp³-hybridized carbons (Fsp3) is 0.750. The molecule has 3 aliphatic heterocycles. The lowest BCUT2D eigenvalue weighted by molar-refractivity contribution is -0.125. The highest BCUT2D eigenvalue weighted by molar-refractivity contribution is 5.98. The topological polar surface area (TPSA) is 20.3 Å². The number of carbonyl (C=O) groups excluding carboxylic acids is 1. The molecule has 0 N–H and O–H groups in total. The van der Waals surface area contributed by atoms with Gasteiger partial charge in [-0.15, -0.1) is 0 Å². The van der Waals surface area contributed by atoms with Crippen molar-refractivity contribution in [1.82, 2.24) is 4.90 Å². The van der Waals surface area contributed by atoms with Gasteiger partial charge in [-0.1, -0.05) is 26.8 Å². The number of Topliss-reactive ketones (excluding diaryl/α,β-unsaturated/α-hetero) is 1. The Balaban J connectivity index is 2.27. The fourth-order valence-electron chi connectivity index (χ4n) is 2.32. The maximum atomic E-state index is 12.0. The van der Waals surface area contributed by atoms with E-state index in [1.807, 2.05) is 0 Å². The standard InChI is InChI=1S/C12H19NO/c1-12(2,3)8-10-11(14)9-4-6-13(10)7-5-9/h8-9H,4-7H2,1-3H3. The van der Waals surface area contributed by atoms with Crippen LogP contribution in [0.4, 0.5) is 0 Å². The van der Waals surface area contributed by atoms with E-state index in [0.29, 0.717) is 11.7 Å².